The highest BCUT2D eigenvalue weighted by Crippen LogP contribution is 2.22. The van der Waals surface area contributed by atoms with Crippen LogP contribution in [0.25, 0.3) is 0 Å². The molecule has 29 heavy (non-hydrogen) atoms. The third-order valence-electron chi connectivity index (χ3n) is 6.57. The van der Waals surface area contributed by atoms with Gasteiger partial charge in [0, 0.05) is 32.2 Å². The van der Waals surface area contributed by atoms with Crippen LogP contribution in [0.1, 0.15) is 51.0 Å². The summed E-state index contributed by atoms with van der Waals surface area (Å²) in [4.78, 5) is 7.40. The normalized spacial score (nSPS) is 21.2. The van der Waals surface area contributed by atoms with Gasteiger partial charge in [-0.1, -0.05) is 38.3 Å². The lowest BCUT2D eigenvalue weighted by Gasteiger charge is -2.32. The van der Waals surface area contributed by atoms with Gasteiger partial charge in [0.05, 0.1) is 0 Å². The third-order valence-corrected chi connectivity index (χ3v) is 6.57. The maximum absolute atomic E-state index is 10.4. The van der Waals surface area contributed by atoms with Crippen LogP contribution >= 0.6 is 0 Å². The van der Waals surface area contributed by atoms with Crippen molar-refractivity contribution in [1.29, 1.82) is 0 Å². The van der Waals surface area contributed by atoms with Gasteiger partial charge in [-0.15, -0.1) is 0 Å². The minimum absolute atomic E-state index is 0.357. The van der Waals surface area contributed by atoms with Crippen LogP contribution in [-0.4, -0.2) is 84.9 Å². The van der Waals surface area contributed by atoms with E-state index in [0.29, 0.717) is 19.2 Å². The molecule has 3 rings (SSSR count). The van der Waals surface area contributed by atoms with E-state index in [4.69, 9.17) is 4.74 Å². The molecule has 1 saturated heterocycles. The number of benzene rings is 1. The van der Waals surface area contributed by atoms with Gasteiger partial charge in [-0.25, -0.2) is 0 Å². The number of nitrogens with zero attached hydrogens (tertiary/aromatic N) is 3. The number of hydrogen-bond acceptors (Lipinski definition) is 5. The summed E-state index contributed by atoms with van der Waals surface area (Å²) in [6.45, 7) is 10.1. The maximum atomic E-state index is 10.4. The predicted octanol–water partition coefficient (Wildman–Crippen LogP) is 3.22. The van der Waals surface area contributed by atoms with Gasteiger partial charge in [-0.05, 0) is 63.6 Å². The summed E-state index contributed by atoms with van der Waals surface area (Å²) in [6.07, 6.45) is 7.32. The monoisotopic (exact) mass is 403 g/mol. The fourth-order valence-electron chi connectivity index (χ4n) is 4.74. The molecule has 1 N–H and O–H groups in total. The highest BCUT2D eigenvalue weighted by Gasteiger charge is 2.20. The first-order valence-electron chi connectivity index (χ1n) is 11.7. The van der Waals surface area contributed by atoms with Crippen molar-refractivity contribution >= 4 is 0 Å². The van der Waals surface area contributed by atoms with E-state index in [1.54, 1.807) is 0 Å². The molecule has 2 aliphatic rings. The molecule has 1 aliphatic heterocycles. The molecular weight excluding hydrogens is 362 g/mol. The average Bonchev–Trinajstić information content (AvgIpc) is 2.98. The van der Waals surface area contributed by atoms with Crippen LogP contribution in [0.2, 0.25) is 0 Å². The molecule has 1 saturated carbocycles. The van der Waals surface area contributed by atoms with Gasteiger partial charge in [-0.2, -0.15) is 0 Å². The van der Waals surface area contributed by atoms with Gasteiger partial charge >= 0.3 is 0 Å². The lowest BCUT2D eigenvalue weighted by atomic mass is 9.94. The minimum atomic E-state index is -0.448. The summed E-state index contributed by atoms with van der Waals surface area (Å²) in [6, 6.07) is 9.02. The van der Waals surface area contributed by atoms with E-state index in [0.717, 1.165) is 38.5 Å². The van der Waals surface area contributed by atoms with Gasteiger partial charge in [0.2, 0.25) is 0 Å². The van der Waals surface area contributed by atoms with Crippen LogP contribution in [-0.2, 0) is 6.54 Å². The zero-order valence-corrected chi connectivity index (χ0v) is 18.6. The smallest absolute Gasteiger partial charge is 0.119 e. The Morgan fingerprint density at radius 1 is 1.07 bits per heavy atom. The van der Waals surface area contributed by atoms with Crippen molar-refractivity contribution in [1.82, 2.24) is 14.7 Å². The van der Waals surface area contributed by atoms with Crippen LogP contribution < -0.4 is 4.74 Å². The second-order valence-electron chi connectivity index (χ2n) is 8.91. The Kier molecular flexibility index (Phi) is 9.25. The first kappa shape index (κ1) is 22.5. The number of aliphatic hydroxyl groups excluding tert-OH is 1. The molecule has 2 fully saturated rings. The molecule has 5 nitrogen and oxygen atoms in total. The number of likely N-dealkylation sites (N-methyl/N-ethyl adjacent to an activating group) is 2. The van der Waals surface area contributed by atoms with Crippen molar-refractivity contribution in [3.05, 3.63) is 29.8 Å². The number of rotatable bonds is 9. The van der Waals surface area contributed by atoms with E-state index < -0.39 is 6.10 Å². The van der Waals surface area contributed by atoms with Gasteiger partial charge in [0.1, 0.15) is 18.5 Å². The van der Waals surface area contributed by atoms with E-state index in [9.17, 15) is 5.11 Å². The molecule has 0 spiro atoms. The zero-order valence-electron chi connectivity index (χ0n) is 18.6. The third kappa shape index (κ3) is 7.56. The van der Waals surface area contributed by atoms with E-state index in [1.807, 2.05) is 6.07 Å². The fraction of sp³-hybridized carbons (Fsp3) is 0.750. The SMILES string of the molecule is CCN1CCCN(Cc2cccc(OCC(O)CN(C)C3CCCCC3)c2)CC1. The first-order chi connectivity index (χ1) is 14.1. The molecule has 1 unspecified atom stereocenters. The summed E-state index contributed by atoms with van der Waals surface area (Å²) in [7, 11) is 2.14. The Hall–Kier alpha value is -1.14. The highest BCUT2D eigenvalue weighted by atomic mass is 16.5. The second kappa shape index (κ2) is 11.9. The highest BCUT2D eigenvalue weighted by molar-refractivity contribution is 5.28. The average molecular weight is 404 g/mol. The van der Waals surface area contributed by atoms with E-state index in [-0.39, 0.29) is 0 Å². The quantitative estimate of drug-likeness (QED) is 0.685. The van der Waals surface area contributed by atoms with Crippen molar-refractivity contribution in [2.45, 2.75) is 64.1 Å². The molecule has 1 atom stereocenters. The second-order valence-corrected chi connectivity index (χ2v) is 8.91. The molecule has 0 amide bonds. The summed E-state index contributed by atoms with van der Waals surface area (Å²) in [5.41, 5.74) is 1.29. The molecular formula is C24H41N3O2. The predicted molar refractivity (Wildman–Crippen MR) is 119 cm³/mol. The Morgan fingerprint density at radius 2 is 1.83 bits per heavy atom. The van der Waals surface area contributed by atoms with Crippen LogP contribution in [0.15, 0.2) is 24.3 Å². The van der Waals surface area contributed by atoms with Gasteiger partial charge in [-0.3, -0.25) is 4.90 Å². The molecule has 0 radical (unpaired) electrons. The Balaban J connectivity index is 1.43. The Bertz CT molecular complexity index is 591. The summed E-state index contributed by atoms with van der Waals surface area (Å²) < 4.78 is 5.94. The molecule has 1 aliphatic carbocycles. The number of hydrogen-bond donors (Lipinski definition) is 1. The molecule has 5 heteroatoms. The van der Waals surface area contributed by atoms with Crippen molar-refractivity contribution < 1.29 is 9.84 Å². The molecule has 1 aromatic rings. The van der Waals surface area contributed by atoms with E-state index in [2.05, 4.69) is 46.9 Å². The molecule has 164 valence electrons. The van der Waals surface area contributed by atoms with Gasteiger partial charge in [0.25, 0.3) is 0 Å². The molecule has 0 bridgehead atoms. The lowest BCUT2D eigenvalue weighted by molar-refractivity contribution is 0.0561. The Morgan fingerprint density at radius 3 is 2.62 bits per heavy atom. The summed E-state index contributed by atoms with van der Waals surface area (Å²) >= 11 is 0. The zero-order chi connectivity index (χ0) is 20.5. The van der Waals surface area contributed by atoms with Gasteiger partial charge < -0.3 is 19.6 Å². The topological polar surface area (TPSA) is 39.2 Å². The van der Waals surface area contributed by atoms with Gasteiger partial charge in [0.15, 0.2) is 0 Å². The van der Waals surface area contributed by atoms with E-state index in [1.165, 1.54) is 50.6 Å². The van der Waals surface area contributed by atoms with Crippen LogP contribution in [0.4, 0.5) is 0 Å². The van der Waals surface area contributed by atoms with Crippen molar-refractivity contribution in [3.8, 4) is 5.75 Å². The largest absolute Gasteiger partial charge is 0.491 e. The number of ether oxygens (including phenoxy) is 1. The summed E-state index contributed by atoms with van der Waals surface area (Å²) in [5.74, 6) is 0.867. The first-order valence-corrected chi connectivity index (χ1v) is 11.7. The van der Waals surface area contributed by atoms with Crippen LogP contribution in [0.5, 0.6) is 5.75 Å². The van der Waals surface area contributed by atoms with Crippen LogP contribution in [0.3, 0.4) is 0 Å². The van der Waals surface area contributed by atoms with Crippen molar-refractivity contribution in [2.24, 2.45) is 0 Å². The molecule has 1 heterocycles. The van der Waals surface area contributed by atoms with Crippen LogP contribution in [0, 0.1) is 0 Å². The minimum Gasteiger partial charge on any atom is -0.491 e. The summed E-state index contributed by atoms with van der Waals surface area (Å²) in [5, 5.41) is 10.4. The molecule has 1 aromatic carbocycles. The lowest BCUT2D eigenvalue weighted by Crippen LogP contribution is -2.40. The number of aliphatic hydroxyl groups is 1. The fourth-order valence-corrected chi connectivity index (χ4v) is 4.74. The van der Waals surface area contributed by atoms with Crippen molar-refractivity contribution in [2.75, 3.05) is 52.9 Å². The maximum Gasteiger partial charge on any atom is 0.119 e. The molecule has 0 aromatic heterocycles. The van der Waals surface area contributed by atoms with Crippen molar-refractivity contribution in [3.63, 3.8) is 0 Å². The standard InChI is InChI=1S/C24H41N3O2/c1-3-26-13-8-14-27(16-15-26)18-21-9-7-12-24(17-21)29-20-23(28)19-25(2)22-10-5-4-6-11-22/h7,9,12,17,22-23,28H,3-6,8,10-11,13-16,18-20H2,1-2H3. The Labute approximate surface area is 177 Å². The van der Waals surface area contributed by atoms with E-state index >= 15 is 0 Å².